The maximum atomic E-state index is 13.1. The zero-order valence-corrected chi connectivity index (χ0v) is 18.6. The largest absolute Gasteiger partial charge is 0.481 e. The summed E-state index contributed by atoms with van der Waals surface area (Å²) in [5.74, 6) is -0.571. The van der Waals surface area contributed by atoms with E-state index in [1.807, 2.05) is 18.2 Å². The fraction of sp³-hybridized carbons (Fsp3) is 0.321. The van der Waals surface area contributed by atoms with Crippen LogP contribution < -0.4 is 0 Å². The van der Waals surface area contributed by atoms with Crippen LogP contribution in [-0.4, -0.2) is 29.1 Å². The van der Waals surface area contributed by atoms with E-state index in [2.05, 4.69) is 65.6 Å². The van der Waals surface area contributed by atoms with Crippen LogP contribution in [-0.2, 0) is 16.8 Å². The zero-order valence-electron chi connectivity index (χ0n) is 17.9. The highest BCUT2D eigenvalue weighted by molar-refractivity contribution is 6.30. The van der Waals surface area contributed by atoms with Gasteiger partial charge in [-0.15, -0.1) is 0 Å². The fourth-order valence-corrected chi connectivity index (χ4v) is 7.38. The number of halogens is 1. The maximum Gasteiger partial charge on any atom is 0.311 e. The molecule has 4 aliphatic rings. The first kappa shape index (κ1) is 20.0. The van der Waals surface area contributed by atoms with Crippen molar-refractivity contribution in [3.63, 3.8) is 0 Å². The van der Waals surface area contributed by atoms with E-state index < -0.39 is 11.4 Å². The van der Waals surface area contributed by atoms with E-state index in [-0.39, 0.29) is 17.3 Å². The summed E-state index contributed by atoms with van der Waals surface area (Å²) in [6.45, 7) is 2.16. The Morgan fingerprint density at radius 3 is 2.47 bits per heavy atom. The first-order valence-corrected chi connectivity index (χ1v) is 11.8. The molecule has 0 aromatic heterocycles. The Balaban J connectivity index is 1.54. The predicted molar refractivity (Wildman–Crippen MR) is 126 cm³/mol. The van der Waals surface area contributed by atoms with Gasteiger partial charge in [-0.05, 0) is 47.2 Å². The third kappa shape index (κ3) is 2.61. The van der Waals surface area contributed by atoms with E-state index in [4.69, 9.17) is 11.6 Å². The monoisotopic (exact) mass is 443 g/mol. The molecule has 3 aromatic carbocycles. The van der Waals surface area contributed by atoms with Crippen molar-refractivity contribution in [3.05, 3.63) is 106 Å². The minimum atomic E-state index is -0.777. The van der Waals surface area contributed by atoms with Gasteiger partial charge in [0, 0.05) is 41.9 Å². The van der Waals surface area contributed by atoms with Gasteiger partial charge in [-0.2, -0.15) is 0 Å². The third-order valence-corrected chi connectivity index (χ3v) is 8.67. The van der Waals surface area contributed by atoms with Crippen LogP contribution in [0.2, 0.25) is 5.02 Å². The van der Waals surface area contributed by atoms with Gasteiger partial charge in [0.15, 0.2) is 0 Å². The van der Waals surface area contributed by atoms with Crippen LogP contribution in [0.4, 0.5) is 0 Å². The first-order chi connectivity index (χ1) is 15.6. The third-order valence-electron chi connectivity index (χ3n) is 8.42. The lowest BCUT2D eigenvalue weighted by Crippen LogP contribution is -2.60. The van der Waals surface area contributed by atoms with Crippen LogP contribution in [0.15, 0.2) is 78.9 Å². The van der Waals surface area contributed by atoms with Crippen LogP contribution in [0.3, 0.4) is 0 Å². The smallest absolute Gasteiger partial charge is 0.311 e. The zero-order chi connectivity index (χ0) is 21.9. The summed E-state index contributed by atoms with van der Waals surface area (Å²) >= 11 is 6.25. The van der Waals surface area contributed by atoms with Gasteiger partial charge >= 0.3 is 5.97 Å². The minimum absolute atomic E-state index is 0.0195. The molecule has 4 unspecified atom stereocenters. The minimum Gasteiger partial charge on any atom is -0.481 e. The van der Waals surface area contributed by atoms with Crippen LogP contribution in [0, 0.1) is 11.3 Å². The molecule has 32 heavy (non-hydrogen) atoms. The van der Waals surface area contributed by atoms with Gasteiger partial charge in [0.1, 0.15) is 0 Å². The van der Waals surface area contributed by atoms with Crippen LogP contribution >= 0.6 is 11.6 Å². The number of rotatable bonds is 4. The lowest BCUT2D eigenvalue weighted by molar-refractivity contribution is -0.157. The van der Waals surface area contributed by atoms with E-state index in [0.717, 1.165) is 25.9 Å². The number of hydrogen-bond donors (Lipinski definition) is 1. The number of carboxylic acid groups (broad SMARTS) is 1. The van der Waals surface area contributed by atoms with Crippen LogP contribution in [0.25, 0.3) is 0 Å². The highest BCUT2D eigenvalue weighted by Crippen LogP contribution is 2.69. The summed E-state index contributed by atoms with van der Waals surface area (Å²) in [6, 6.07) is 27.1. The van der Waals surface area contributed by atoms with Gasteiger partial charge in [-0.25, -0.2) is 0 Å². The number of nitrogens with zero attached hydrogens (tertiary/aromatic N) is 1. The molecule has 2 bridgehead atoms. The topological polar surface area (TPSA) is 40.5 Å². The number of likely N-dealkylation sites (tertiary alicyclic amines) is 1. The summed E-state index contributed by atoms with van der Waals surface area (Å²) in [6.07, 6.45) is 1.89. The van der Waals surface area contributed by atoms with E-state index in [1.54, 1.807) is 0 Å². The van der Waals surface area contributed by atoms with Gasteiger partial charge in [0.05, 0.1) is 5.41 Å². The molecule has 4 heteroatoms. The van der Waals surface area contributed by atoms with Gasteiger partial charge in [-0.3, -0.25) is 9.69 Å². The molecule has 0 radical (unpaired) electrons. The van der Waals surface area contributed by atoms with Gasteiger partial charge in [-0.1, -0.05) is 78.3 Å². The molecular formula is C28H26ClNO2. The molecule has 1 heterocycles. The lowest BCUT2D eigenvalue weighted by Gasteiger charge is -2.59. The normalized spacial score (nSPS) is 30.7. The van der Waals surface area contributed by atoms with Crippen molar-refractivity contribution in [1.29, 1.82) is 0 Å². The summed E-state index contributed by atoms with van der Waals surface area (Å²) in [4.78, 5) is 15.5. The predicted octanol–water partition coefficient (Wildman–Crippen LogP) is 5.72. The molecule has 7 rings (SSSR count). The Bertz CT molecular complexity index is 1180. The summed E-state index contributed by atoms with van der Waals surface area (Å²) in [7, 11) is 0. The standard InChI is InChI=1S/C28H26ClNO2/c29-21-12-10-20(11-13-21)27-15-14-24(22-8-4-5-9-23(22)27)28(26(31)32)18-30(17-25(27)28)16-19-6-2-1-3-7-19/h1-13,24-25H,14-18H2,(H,31,32). The molecule has 4 atom stereocenters. The van der Waals surface area contributed by atoms with Crippen molar-refractivity contribution in [1.82, 2.24) is 4.90 Å². The number of fused-ring (bicyclic) bond motifs is 1. The van der Waals surface area contributed by atoms with Crippen LogP contribution in [0.5, 0.6) is 0 Å². The molecule has 3 aromatic rings. The number of hydrogen-bond acceptors (Lipinski definition) is 2. The molecular weight excluding hydrogens is 418 g/mol. The first-order valence-electron chi connectivity index (χ1n) is 11.4. The average molecular weight is 444 g/mol. The number of benzene rings is 3. The van der Waals surface area contributed by atoms with Crippen molar-refractivity contribution in [3.8, 4) is 0 Å². The van der Waals surface area contributed by atoms with E-state index >= 15 is 0 Å². The van der Waals surface area contributed by atoms with Crippen molar-refractivity contribution in [2.75, 3.05) is 13.1 Å². The quantitative estimate of drug-likeness (QED) is 0.560. The number of aliphatic carboxylic acids is 1. The molecule has 0 amide bonds. The van der Waals surface area contributed by atoms with Crippen molar-refractivity contribution >= 4 is 17.6 Å². The molecule has 3 aliphatic carbocycles. The molecule has 1 saturated heterocycles. The Labute approximate surface area is 193 Å². The number of carboxylic acids is 1. The highest BCUT2D eigenvalue weighted by atomic mass is 35.5. The van der Waals surface area contributed by atoms with Gasteiger partial charge in [0.2, 0.25) is 0 Å². The van der Waals surface area contributed by atoms with Gasteiger partial charge in [0.25, 0.3) is 0 Å². The number of carbonyl (C=O) groups is 1. The Morgan fingerprint density at radius 1 is 1.00 bits per heavy atom. The molecule has 1 N–H and O–H groups in total. The second kappa shape index (κ2) is 7.19. The second-order valence-corrected chi connectivity index (χ2v) is 10.1. The Hall–Kier alpha value is -2.62. The molecule has 1 saturated carbocycles. The van der Waals surface area contributed by atoms with Crippen LogP contribution in [0.1, 0.15) is 41.0 Å². The molecule has 162 valence electrons. The summed E-state index contributed by atoms with van der Waals surface area (Å²) in [5.41, 5.74) is 3.90. The summed E-state index contributed by atoms with van der Waals surface area (Å²) < 4.78 is 0. The van der Waals surface area contributed by atoms with Gasteiger partial charge < -0.3 is 5.11 Å². The van der Waals surface area contributed by atoms with Crippen molar-refractivity contribution < 1.29 is 9.90 Å². The average Bonchev–Trinajstić information content (AvgIpc) is 3.22. The highest BCUT2D eigenvalue weighted by Gasteiger charge is 2.70. The summed E-state index contributed by atoms with van der Waals surface area (Å²) in [5, 5.41) is 11.5. The van der Waals surface area contributed by atoms with Crippen molar-refractivity contribution in [2.24, 2.45) is 11.3 Å². The van der Waals surface area contributed by atoms with E-state index in [1.165, 1.54) is 22.3 Å². The van der Waals surface area contributed by atoms with Crippen molar-refractivity contribution in [2.45, 2.75) is 30.7 Å². The Kier molecular flexibility index (Phi) is 4.50. The molecule has 0 spiro atoms. The molecule has 2 fully saturated rings. The fourth-order valence-electron chi connectivity index (χ4n) is 7.26. The maximum absolute atomic E-state index is 13.1. The van der Waals surface area contributed by atoms with E-state index in [0.29, 0.717) is 11.6 Å². The Morgan fingerprint density at radius 2 is 1.72 bits per heavy atom. The van der Waals surface area contributed by atoms with E-state index in [9.17, 15) is 9.90 Å². The molecule has 3 nitrogen and oxygen atoms in total. The molecule has 1 aliphatic heterocycles. The second-order valence-electron chi connectivity index (χ2n) is 9.71. The lowest BCUT2D eigenvalue weighted by atomic mass is 9.42. The SMILES string of the molecule is O=C(O)C12CN(Cc3ccccc3)CC1C1(c3ccc(Cl)cc3)CCC2c2ccccc21.